The van der Waals surface area contributed by atoms with Crippen LogP contribution >= 0.6 is 0 Å². The molecular formula is C20H25N2O+. The van der Waals surface area contributed by atoms with Crippen molar-refractivity contribution in [2.75, 3.05) is 18.5 Å². The predicted molar refractivity (Wildman–Crippen MR) is 93.7 cm³/mol. The zero-order valence-electron chi connectivity index (χ0n) is 14.2. The molecule has 1 heterocycles. The molecule has 3 heteroatoms. The van der Waals surface area contributed by atoms with Gasteiger partial charge in [0, 0.05) is 17.8 Å². The quantitative estimate of drug-likeness (QED) is 0.918. The number of carbonyl (C=O) groups excluding carboxylic acids is 1. The van der Waals surface area contributed by atoms with E-state index in [-0.39, 0.29) is 11.9 Å². The van der Waals surface area contributed by atoms with Gasteiger partial charge in [-0.25, -0.2) is 0 Å². The number of nitrogens with zero attached hydrogens (tertiary/aromatic N) is 1. The maximum atomic E-state index is 12.9. The van der Waals surface area contributed by atoms with Crippen molar-refractivity contribution in [2.45, 2.75) is 32.9 Å². The molecule has 1 amide bonds. The Morgan fingerprint density at radius 3 is 2.65 bits per heavy atom. The fraction of sp³-hybridized carbons (Fsp3) is 0.350. The molecule has 0 bridgehead atoms. The van der Waals surface area contributed by atoms with E-state index in [4.69, 9.17) is 0 Å². The summed E-state index contributed by atoms with van der Waals surface area (Å²) in [5, 5.41) is 0. The third-order valence-electron chi connectivity index (χ3n) is 4.99. The second-order valence-corrected chi connectivity index (χ2v) is 6.54. The van der Waals surface area contributed by atoms with Crippen LogP contribution < -0.4 is 9.80 Å². The van der Waals surface area contributed by atoms with Crippen LogP contribution in [0.5, 0.6) is 0 Å². The van der Waals surface area contributed by atoms with Gasteiger partial charge in [-0.05, 0) is 37.5 Å². The highest BCUT2D eigenvalue weighted by molar-refractivity contribution is 5.97. The van der Waals surface area contributed by atoms with E-state index in [9.17, 15) is 4.79 Å². The average Bonchev–Trinajstić information content (AvgIpc) is 2.99. The monoisotopic (exact) mass is 309 g/mol. The summed E-state index contributed by atoms with van der Waals surface area (Å²) in [6.07, 6.45) is 0.964. The van der Waals surface area contributed by atoms with Crippen molar-refractivity contribution in [3.63, 3.8) is 0 Å². The first kappa shape index (κ1) is 15.8. The van der Waals surface area contributed by atoms with Crippen molar-refractivity contribution in [3.05, 3.63) is 65.2 Å². The number of hydrogen-bond acceptors (Lipinski definition) is 1. The lowest BCUT2D eigenvalue weighted by molar-refractivity contribution is -0.908. The molecule has 0 aromatic heterocycles. The first-order valence-corrected chi connectivity index (χ1v) is 8.34. The summed E-state index contributed by atoms with van der Waals surface area (Å²) in [7, 11) is 2.11. The van der Waals surface area contributed by atoms with E-state index in [1.807, 2.05) is 24.0 Å². The summed E-state index contributed by atoms with van der Waals surface area (Å²) in [4.78, 5) is 16.1. The molecule has 3 rings (SSSR count). The number of benzene rings is 2. The van der Waals surface area contributed by atoms with E-state index >= 15 is 0 Å². The topological polar surface area (TPSA) is 24.8 Å². The maximum absolute atomic E-state index is 12.9. The Bertz CT molecular complexity index is 710. The molecule has 23 heavy (non-hydrogen) atoms. The number of likely N-dealkylation sites (N-methyl/N-ethyl adjacent to an activating group) is 1. The van der Waals surface area contributed by atoms with Crippen molar-refractivity contribution in [3.8, 4) is 0 Å². The van der Waals surface area contributed by atoms with Crippen molar-refractivity contribution in [2.24, 2.45) is 0 Å². The molecule has 0 radical (unpaired) electrons. The Labute approximate surface area is 138 Å². The normalized spacial score (nSPS) is 16.0. The molecule has 0 fully saturated rings. The molecule has 1 aliphatic heterocycles. The fourth-order valence-electron chi connectivity index (χ4n) is 3.27. The van der Waals surface area contributed by atoms with Crippen LogP contribution in [0.4, 0.5) is 5.69 Å². The molecule has 2 aromatic rings. The number of amides is 1. The molecule has 1 unspecified atom stereocenters. The lowest BCUT2D eigenvalue weighted by Gasteiger charge is -2.26. The summed E-state index contributed by atoms with van der Waals surface area (Å²) < 4.78 is 0. The van der Waals surface area contributed by atoms with Gasteiger partial charge >= 0.3 is 0 Å². The molecule has 0 spiro atoms. The van der Waals surface area contributed by atoms with Gasteiger partial charge in [0.25, 0.3) is 5.91 Å². The highest BCUT2D eigenvalue weighted by Gasteiger charge is 2.31. The van der Waals surface area contributed by atoms with E-state index in [0.29, 0.717) is 0 Å². The van der Waals surface area contributed by atoms with Crippen LogP contribution in [0.3, 0.4) is 0 Å². The molecule has 1 aliphatic rings. The number of rotatable bonds is 4. The van der Waals surface area contributed by atoms with Gasteiger partial charge in [-0.2, -0.15) is 0 Å². The SMILES string of the molecule is Cc1ccccc1C[NH+](C)[C@@H](C)C(=O)N1CCc2ccccc21. The maximum Gasteiger partial charge on any atom is 0.284 e. The fourth-order valence-corrected chi connectivity index (χ4v) is 3.27. The smallest absolute Gasteiger partial charge is 0.284 e. The molecule has 0 aliphatic carbocycles. The van der Waals surface area contributed by atoms with Gasteiger partial charge in [-0.3, -0.25) is 4.79 Å². The zero-order chi connectivity index (χ0) is 16.4. The van der Waals surface area contributed by atoms with Crippen LogP contribution in [0.15, 0.2) is 48.5 Å². The molecule has 2 atom stereocenters. The van der Waals surface area contributed by atoms with Gasteiger partial charge in [0.05, 0.1) is 7.05 Å². The number of aryl methyl sites for hydroxylation is 1. The minimum Gasteiger partial charge on any atom is -0.324 e. The van der Waals surface area contributed by atoms with Crippen molar-refractivity contribution in [1.82, 2.24) is 0 Å². The highest BCUT2D eigenvalue weighted by atomic mass is 16.2. The Kier molecular flexibility index (Phi) is 4.49. The van der Waals surface area contributed by atoms with Gasteiger partial charge in [0.15, 0.2) is 6.04 Å². The van der Waals surface area contributed by atoms with E-state index < -0.39 is 0 Å². The van der Waals surface area contributed by atoms with E-state index in [2.05, 4.69) is 50.4 Å². The van der Waals surface area contributed by atoms with Crippen LogP contribution in [-0.2, 0) is 17.8 Å². The number of hydrogen-bond donors (Lipinski definition) is 1. The number of quaternary nitrogens is 1. The minimum atomic E-state index is -0.0548. The Morgan fingerprint density at radius 1 is 1.17 bits per heavy atom. The first-order valence-electron chi connectivity index (χ1n) is 8.34. The van der Waals surface area contributed by atoms with Crippen LogP contribution in [0.2, 0.25) is 0 Å². The second-order valence-electron chi connectivity index (χ2n) is 6.54. The lowest BCUT2D eigenvalue weighted by Crippen LogP contribution is -3.12. The Hall–Kier alpha value is -2.13. The molecule has 2 aromatic carbocycles. The molecule has 0 saturated carbocycles. The number of anilines is 1. The van der Waals surface area contributed by atoms with Crippen molar-refractivity contribution in [1.29, 1.82) is 0 Å². The molecule has 0 saturated heterocycles. The molecule has 1 N–H and O–H groups in total. The number of para-hydroxylation sites is 1. The number of fused-ring (bicyclic) bond motifs is 1. The molecule has 120 valence electrons. The summed E-state index contributed by atoms with van der Waals surface area (Å²) in [5.74, 6) is 0.223. The van der Waals surface area contributed by atoms with Gasteiger partial charge in [-0.15, -0.1) is 0 Å². The molecular weight excluding hydrogens is 284 g/mol. The standard InChI is InChI=1S/C20H24N2O/c1-15-8-4-5-10-18(15)14-21(3)16(2)20(23)22-13-12-17-9-6-7-11-19(17)22/h4-11,16H,12-14H2,1-3H3/p+1/t16-/m0/s1. The van der Waals surface area contributed by atoms with Gasteiger partial charge in [0.2, 0.25) is 0 Å². The first-order chi connectivity index (χ1) is 11.1. The van der Waals surface area contributed by atoms with Crippen molar-refractivity contribution < 1.29 is 9.69 Å². The third-order valence-corrected chi connectivity index (χ3v) is 4.99. The summed E-state index contributed by atoms with van der Waals surface area (Å²) in [6, 6.07) is 16.6. The summed E-state index contributed by atoms with van der Waals surface area (Å²) in [5.41, 5.74) is 4.97. The van der Waals surface area contributed by atoms with E-state index in [0.717, 1.165) is 25.2 Å². The largest absolute Gasteiger partial charge is 0.324 e. The second kappa shape index (κ2) is 6.55. The number of nitrogens with one attached hydrogen (secondary N) is 1. The van der Waals surface area contributed by atoms with Crippen molar-refractivity contribution >= 4 is 11.6 Å². The van der Waals surface area contributed by atoms with Crippen LogP contribution in [0.25, 0.3) is 0 Å². The van der Waals surface area contributed by atoms with Gasteiger partial charge < -0.3 is 9.80 Å². The van der Waals surface area contributed by atoms with Crippen LogP contribution in [0.1, 0.15) is 23.6 Å². The highest BCUT2D eigenvalue weighted by Crippen LogP contribution is 2.27. The Balaban J connectivity index is 1.72. The summed E-state index contributed by atoms with van der Waals surface area (Å²) in [6.45, 7) is 5.85. The zero-order valence-corrected chi connectivity index (χ0v) is 14.2. The van der Waals surface area contributed by atoms with Gasteiger partial charge in [-0.1, -0.05) is 42.5 Å². The third kappa shape index (κ3) is 3.15. The van der Waals surface area contributed by atoms with Crippen LogP contribution in [0, 0.1) is 6.92 Å². The van der Waals surface area contributed by atoms with E-state index in [1.54, 1.807) is 0 Å². The average molecular weight is 309 g/mol. The Morgan fingerprint density at radius 2 is 1.87 bits per heavy atom. The molecule has 3 nitrogen and oxygen atoms in total. The summed E-state index contributed by atoms with van der Waals surface area (Å²) >= 11 is 0. The lowest BCUT2D eigenvalue weighted by atomic mass is 10.1. The van der Waals surface area contributed by atoms with Gasteiger partial charge in [0.1, 0.15) is 6.54 Å². The van der Waals surface area contributed by atoms with E-state index in [1.165, 1.54) is 21.6 Å². The predicted octanol–water partition coefficient (Wildman–Crippen LogP) is 1.99. The number of carbonyl (C=O) groups is 1. The minimum absolute atomic E-state index is 0.0548. The van der Waals surface area contributed by atoms with Crippen LogP contribution in [-0.4, -0.2) is 25.5 Å².